The Hall–Kier alpha value is -3.31. The average molecular weight is 471 g/mol. The molecule has 0 spiro atoms. The van der Waals surface area contributed by atoms with Crippen molar-refractivity contribution >= 4 is 0 Å². The number of fused-ring (bicyclic) bond motifs is 1. The van der Waals surface area contributed by atoms with Crippen LogP contribution in [0.4, 0.5) is 0 Å². The van der Waals surface area contributed by atoms with Crippen molar-refractivity contribution in [2.24, 2.45) is 5.73 Å². The first-order valence-electron chi connectivity index (χ1n) is 11.4. The monoisotopic (exact) mass is 470 g/mol. The molecule has 0 saturated carbocycles. The van der Waals surface area contributed by atoms with Gasteiger partial charge in [0.05, 0.1) is 39.9 Å². The van der Waals surface area contributed by atoms with E-state index in [9.17, 15) is 5.26 Å². The average Bonchev–Trinajstić information content (AvgIpc) is 3.27. The third kappa shape index (κ3) is 4.95. The number of para-hydroxylation sites is 2. The molecule has 2 unspecified atom stereocenters. The second-order valence-electron chi connectivity index (χ2n) is 8.27. The topological polar surface area (TPSA) is 105 Å². The van der Waals surface area contributed by atoms with E-state index in [-0.39, 0.29) is 6.04 Å². The van der Waals surface area contributed by atoms with Crippen LogP contribution in [0, 0.1) is 11.3 Å². The van der Waals surface area contributed by atoms with Gasteiger partial charge in [0.2, 0.25) is 17.8 Å². The second-order valence-corrected chi connectivity index (χ2v) is 8.27. The van der Waals surface area contributed by atoms with Gasteiger partial charge in [-0.1, -0.05) is 19.1 Å². The minimum absolute atomic E-state index is 0.130. The maximum Gasteiger partial charge on any atom is 0.243 e. The Bertz CT molecular complexity index is 996. The Morgan fingerprint density at radius 3 is 2.12 bits per heavy atom. The first kappa shape index (κ1) is 25.3. The first-order valence-corrected chi connectivity index (χ1v) is 11.4. The molecule has 1 heterocycles. The minimum Gasteiger partial charge on any atom is -0.493 e. The summed E-state index contributed by atoms with van der Waals surface area (Å²) in [6.45, 7) is 1.99. The number of hydrogen-bond acceptors (Lipinski definition) is 8. The first-order chi connectivity index (χ1) is 16.5. The highest BCUT2D eigenvalue weighted by molar-refractivity contribution is 5.65. The quantitative estimate of drug-likeness (QED) is 0.481. The molecule has 8 heteroatoms. The van der Waals surface area contributed by atoms with Crippen molar-refractivity contribution in [1.29, 1.82) is 5.26 Å². The summed E-state index contributed by atoms with van der Waals surface area (Å²) in [5, 5.41) is 10.3. The number of ether oxygens (including phenoxy) is 6. The Kier molecular flexibility index (Phi) is 8.35. The van der Waals surface area contributed by atoms with Crippen LogP contribution in [0.1, 0.15) is 44.6 Å². The van der Waals surface area contributed by atoms with Crippen LogP contribution < -0.4 is 34.2 Å². The van der Waals surface area contributed by atoms with Gasteiger partial charge in [-0.05, 0) is 43.9 Å². The molecule has 0 aromatic heterocycles. The zero-order valence-electron chi connectivity index (χ0n) is 20.6. The highest BCUT2D eigenvalue weighted by Gasteiger charge is 2.37. The van der Waals surface area contributed by atoms with Crippen molar-refractivity contribution < 1.29 is 28.4 Å². The maximum atomic E-state index is 10.3. The van der Waals surface area contributed by atoms with E-state index in [1.54, 1.807) is 14.2 Å². The molecule has 3 rings (SSSR count). The number of nitrogens with two attached hydrogens (primary N) is 1. The predicted molar refractivity (Wildman–Crippen MR) is 128 cm³/mol. The fourth-order valence-corrected chi connectivity index (χ4v) is 4.46. The Morgan fingerprint density at radius 1 is 1.00 bits per heavy atom. The lowest BCUT2D eigenvalue weighted by molar-refractivity contribution is 0.0350. The standard InChI is InChI=1S/C26H34N2O6/c1-6-26(16-27,18-15-21(29-2)24(31-4)25(32-5)23(18)30-3)13-9-10-17(28)14-22-33-19-11-7-8-12-20(19)34-22/h7-8,11-12,15,17,22H,6,9-10,13-14,28H2,1-5H3. The Balaban J connectivity index is 1.74. The van der Waals surface area contributed by atoms with E-state index in [1.807, 2.05) is 37.3 Å². The highest BCUT2D eigenvalue weighted by Crippen LogP contribution is 2.51. The molecule has 0 aliphatic carbocycles. The summed E-state index contributed by atoms with van der Waals surface area (Å²) < 4.78 is 33.9. The summed E-state index contributed by atoms with van der Waals surface area (Å²) in [4.78, 5) is 0. The number of benzene rings is 2. The van der Waals surface area contributed by atoms with Gasteiger partial charge < -0.3 is 34.2 Å². The van der Waals surface area contributed by atoms with Crippen LogP contribution in [0.2, 0.25) is 0 Å². The van der Waals surface area contributed by atoms with Crippen LogP contribution >= 0.6 is 0 Å². The van der Waals surface area contributed by atoms with E-state index in [0.717, 1.165) is 24.3 Å². The molecule has 8 nitrogen and oxygen atoms in total. The Morgan fingerprint density at radius 2 is 1.62 bits per heavy atom. The largest absolute Gasteiger partial charge is 0.493 e. The lowest BCUT2D eigenvalue weighted by atomic mass is 9.74. The van der Waals surface area contributed by atoms with Crippen LogP contribution in [-0.4, -0.2) is 40.8 Å². The molecule has 0 radical (unpaired) electrons. The van der Waals surface area contributed by atoms with Crippen LogP contribution in [0.25, 0.3) is 0 Å². The molecule has 34 heavy (non-hydrogen) atoms. The van der Waals surface area contributed by atoms with Gasteiger partial charge in [0.1, 0.15) is 0 Å². The van der Waals surface area contributed by atoms with Crippen LogP contribution in [-0.2, 0) is 5.41 Å². The summed E-state index contributed by atoms with van der Waals surface area (Å²) >= 11 is 0. The van der Waals surface area contributed by atoms with Gasteiger partial charge in [0.15, 0.2) is 23.0 Å². The third-order valence-corrected chi connectivity index (χ3v) is 6.36. The molecule has 184 valence electrons. The third-order valence-electron chi connectivity index (χ3n) is 6.36. The van der Waals surface area contributed by atoms with Crippen molar-refractivity contribution in [3.05, 3.63) is 35.9 Å². The van der Waals surface area contributed by atoms with Crippen LogP contribution in [0.3, 0.4) is 0 Å². The molecule has 1 aliphatic rings. The summed E-state index contributed by atoms with van der Waals surface area (Å²) in [5.74, 6) is 3.26. The number of rotatable bonds is 12. The summed E-state index contributed by atoms with van der Waals surface area (Å²) in [5.41, 5.74) is 6.30. The van der Waals surface area contributed by atoms with Gasteiger partial charge >= 0.3 is 0 Å². The van der Waals surface area contributed by atoms with Gasteiger partial charge in [-0.15, -0.1) is 0 Å². The summed E-state index contributed by atoms with van der Waals surface area (Å²) in [6.07, 6.45) is 2.80. The van der Waals surface area contributed by atoms with Crippen LogP contribution in [0.5, 0.6) is 34.5 Å². The van der Waals surface area contributed by atoms with Gasteiger partial charge in [0.25, 0.3) is 0 Å². The molecule has 2 aromatic carbocycles. The SMILES string of the molecule is CCC(C#N)(CCCC(N)CC1Oc2ccccc2O1)c1cc(OC)c(OC)c(OC)c1OC. The normalized spacial score (nSPS) is 15.2. The number of nitrogens with zero attached hydrogens (tertiary/aromatic N) is 1. The minimum atomic E-state index is -0.811. The van der Waals surface area contributed by atoms with Gasteiger partial charge in [-0.2, -0.15) is 5.26 Å². The second kappa shape index (κ2) is 11.2. The number of methoxy groups -OCH3 is 4. The molecule has 0 amide bonds. The summed E-state index contributed by atoms with van der Waals surface area (Å²) in [6, 6.07) is 11.8. The van der Waals surface area contributed by atoms with E-state index < -0.39 is 11.7 Å². The van der Waals surface area contributed by atoms with Gasteiger partial charge in [-0.3, -0.25) is 0 Å². The van der Waals surface area contributed by atoms with Gasteiger partial charge in [0, 0.05) is 18.0 Å². The molecule has 2 aromatic rings. The lowest BCUT2D eigenvalue weighted by Gasteiger charge is -2.30. The lowest BCUT2D eigenvalue weighted by Crippen LogP contribution is -2.31. The smallest absolute Gasteiger partial charge is 0.243 e. The molecular formula is C26H34N2O6. The number of hydrogen-bond donors (Lipinski definition) is 1. The van der Waals surface area contributed by atoms with Crippen molar-refractivity contribution in [3.63, 3.8) is 0 Å². The maximum absolute atomic E-state index is 10.3. The molecular weight excluding hydrogens is 436 g/mol. The highest BCUT2D eigenvalue weighted by atomic mass is 16.7. The predicted octanol–water partition coefficient (Wildman–Crippen LogP) is 4.58. The van der Waals surface area contributed by atoms with E-state index in [2.05, 4.69) is 6.07 Å². The van der Waals surface area contributed by atoms with E-state index in [4.69, 9.17) is 34.2 Å². The van der Waals surface area contributed by atoms with Gasteiger partial charge in [-0.25, -0.2) is 0 Å². The van der Waals surface area contributed by atoms with Crippen molar-refractivity contribution in [1.82, 2.24) is 0 Å². The molecule has 1 aliphatic heterocycles. The van der Waals surface area contributed by atoms with Crippen molar-refractivity contribution in [2.45, 2.75) is 56.8 Å². The van der Waals surface area contributed by atoms with E-state index >= 15 is 0 Å². The molecule has 0 bridgehead atoms. The molecule has 2 atom stereocenters. The van der Waals surface area contributed by atoms with Crippen molar-refractivity contribution in [2.75, 3.05) is 28.4 Å². The van der Waals surface area contributed by atoms with Crippen molar-refractivity contribution in [3.8, 4) is 40.6 Å². The van der Waals surface area contributed by atoms with E-state index in [0.29, 0.717) is 47.8 Å². The Labute approximate surface area is 201 Å². The zero-order valence-corrected chi connectivity index (χ0v) is 20.6. The zero-order chi connectivity index (χ0) is 24.7. The molecule has 2 N–H and O–H groups in total. The molecule has 0 fully saturated rings. The van der Waals surface area contributed by atoms with Crippen LogP contribution in [0.15, 0.2) is 30.3 Å². The van der Waals surface area contributed by atoms with E-state index in [1.165, 1.54) is 14.2 Å². The fourth-order valence-electron chi connectivity index (χ4n) is 4.46. The summed E-state index contributed by atoms with van der Waals surface area (Å²) in [7, 11) is 6.18. The fraction of sp³-hybridized carbons (Fsp3) is 0.500. The molecule has 0 saturated heterocycles. The number of nitriles is 1.